The third-order valence-electron chi connectivity index (χ3n) is 7.07. The van der Waals surface area contributed by atoms with Gasteiger partial charge in [0.1, 0.15) is 5.82 Å². The summed E-state index contributed by atoms with van der Waals surface area (Å²) >= 11 is 0. The molecule has 6 nitrogen and oxygen atoms in total. The Morgan fingerprint density at radius 2 is 1.83 bits per heavy atom. The number of halogens is 3. The van der Waals surface area contributed by atoms with E-state index in [1.807, 2.05) is 17.9 Å². The van der Waals surface area contributed by atoms with E-state index in [2.05, 4.69) is 39.5 Å². The molecule has 2 aliphatic rings. The van der Waals surface area contributed by atoms with Gasteiger partial charge < -0.3 is 15.1 Å². The van der Waals surface area contributed by atoms with Crippen molar-refractivity contribution in [2.24, 2.45) is 5.92 Å². The van der Waals surface area contributed by atoms with Crippen molar-refractivity contribution in [2.75, 3.05) is 44.2 Å². The second kappa shape index (κ2) is 11.3. The second-order valence-electron chi connectivity index (χ2n) is 9.61. The number of anilines is 1. The predicted molar refractivity (Wildman–Crippen MR) is 130 cm³/mol. The lowest BCUT2D eigenvalue weighted by Gasteiger charge is -2.40. The predicted octanol–water partition coefficient (Wildman–Crippen LogP) is 4.62. The molecule has 2 aliphatic heterocycles. The number of hydrogen-bond acceptors (Lipinski definition) is 4. The zero-order chi connectivity index (χ0) is 24.8. The van der Waals surface area contributed by atoms with Crippen LogP contribution in [0.3, 0.4) is 0 Å². The topological polar surface area (TPSA) is 51.7 Å². The number of carbonyl (C=O) groups excluding carboxylic acids is 1. The molecule has 4 rings (SSSR count). The first-order chi connectivity index (χ1) is 16.8. The molecule has 0 saturated carbocycles. The first kappa shape index (κ1) is 25.3. The van der Waals surface area contributed by atoms with Crippen molar-refractivity contribution in [1.82, 2.24) is 20.1 Å². The van der Waals surface area contributed by atoms with E-state index in [0.29, 0.717) is 37.9 Å². The first-order valence-electron chi connectivity index (χ1n) is 12.4. The molecule has 9 heteroatoms. The first-order valence-corrected chi connectivity index (χ1v) is 12.4. The van der Waals surface area contributed by atoms with Crippen LogP contribution in [-0.2, 0) is 12.7 Å². The Labute approximate surface area is 205 Å². The molecule has 2 amide bonds. The molecule has 0 radical (unpaired) electrons. The maximum absolute atomic E-state index is 13.0. The number of nitrogens with zero attached hydrogens (tertiary/aromatic N) is 4. The van der Waals surface area contributed by atoms with Gasteiger partial charge in [0.05, 0.1) is 5.56 Å². The summed E-state index contributed by atoms with van der Waals surface area (Å²) < 4.78 is 39.1. The lowest BCUT2D eigenvalue weighted by atomic mass is 9.93. The minimum Gasteiger partial charge on any atom is -0.353 e. The molecule has 0 aliphatic carbocycles. The van der Waals surface area contributed by atoms with Gasteiger partial charge in [-0.1, -0.05) is 30.3 Å². The highest BCUT2D eigenvalue weighted by atomic mass is 19.4. The fourth-order valence-corrected chi connectivity index (χ4v) is 4.99. The number of amides is 2. The van der Waals surface area contributed by atoms with Crippen molar-refractivity contribution < 1.29 is 18.0 Å². The zero-order valence-electron chi connectivity index (χ0n) is 20.2. The Bertz CT molecular complexity index is 963. The standard InChI is InChI=1S/C26H34F3N5O/c1-20-18-33(24-17-23(8-12-30-24)26(27,28)29)15-16-34(20)25(35)31-11-7-21-9-13-32(14-10-21)19-22-5-3-2-4-6-22/h2-6,8,12,17,20-21H,7,9-11,13-16,18-19H2,1H3,(H,31,35)/t20-/m1/s1. The lowest BCUT2D eigenvalue weighted by Crippen LogP contribution is -2.57. The molecule has 190 valence electrons. The van der Waals surface area contributed by atoms with Gasteiger partial charge >= 0.3 is 12.2 Å². The second-order valence-corrected chi connectivity index (χ2v) is 9.61. The normalized spacial score (nSPS) is 20.2. The molecule has 1 aromatic heterocycles. The Morgan fingerprint density at radius 1 is 1.09 bits per heavy atom. The summed E-state index contributed by atoms with van der Waals surface area (Å²) in [4.78, 5) is 22.9. The minimum atomic E-state index is -4.40. The highest BCUT2D eigenvalue weighted by Gasteiger charge is 2.33. The van der Waals surface area contributed by atoms with Gasteiger partial charge in [-0.05, 0) is 62.9 Å². The highest BCUT2D eigenvalue weighted by molar-refractivity contribution is 5.75. The number of urea groups is 1. The highest BCUT2D eigenvalue weighted by Crippen LogP contribution is 2.31. The van der Waals surface area contributed by atoms with E-state index in [4.69, 9.17) is 0 Å². The number of pyridine rings is 1. The van der Waals surface area contributed by atoms with Crippen LogP contribution in [0.25, 0.3) is 0 Å². The van der Waals surface area contributed by atoms with E-state index in [0.717, 1.165) is 51.0 Å². The van der Waals surface area contributed by atoms with Crippen LogP contribution in [0.5, 0.6) is 0 Å². The molecule has 3 heterocycles. The lowest BCUT2D eigenvalue weighted by molar-refractivity contribution is -0.137. The van der Waals surface area contributed by atoms with Crippen LogP contribution in [0.4, 0.5) is 23.8 Å². The minimum absolute atomic E-state index is 0.101. The average molecular weight is 490 g/mol. The van der Waals surface area contributed by atoms with Gasteiger partial charge in [-0.15, -0.1) is 0 Å². The largest absolute Gasteiger partial charge is 0.416 e. The van der Waals surface area contributed by atoms with Crippen molar-refractivity contribution in [1.29, 1.82) is 0 Å². The maximum atomic E-state index is 13.0. The molecular formula is C26H34F3N5O. The molecular weight excluding hydrogens is 455 g/mol. The number of hydrogen-bond donors (Lipinski definition) is 1. The van der Waals surface area contributed by atoms with Crippen LogP contribution >= 0.6 is 0 Å². The van der Waals surface area contributed by atoms with Crippen molar-refractivity contribution in [3.05, 3.63) is 59.8 Å². The summed E-state index contributed by atoms with van der Waals surface area (Å²) in [5.74, 6) is 0.911. The van der Waals surface area contributed by atoms with Crippen LogP contribution in [-0.4, -0.2) is 66.1 Å². The van der Waals surface area contributed by atoms with Gasteiger partial charge in [-0.3, -0.25) is 4.90 Å². The van der Waals surface area contributed by atoms with Gasteiger partial charge in [-0.2, -0.15) is 13.2 Å². The molecule has 0 bridgehead atoms. The molecule has 2 aromatic rings. The van der Waals surface area contributed by atoms with Gasteiger partial charge in [0, 0.05) is 45.0 Å². The van der Waals surface area contributed by atoms with Crippen LogP contribution in [0.15, 0.2) is 48.7 Å². The fraction of sp³-hybridized carbons (Fsp3) is 0.538. The van der Waals surface area contributed by atoms with E-state index >= 15 is 0 Å². The maximum Gasteiger partial charge on any atom is 0.416 e. The number of aromatic nitrogens is 1. The summed E-state index contributed by atoms with van der Waals surface area (Å²) in [6, 6.07) is 12.4. The summed E-state index contributed by atoms with van der Waals surface area (Å²) in [7, 11) is 0. The number of alkyl halides is 3. The van der Waals surface area contributed by atoms with E-state index < -0.39 is 11.7 Å². The quantitative estimate of drug-likeness (QED) is 0.643. The number of benzene rings is 1. The van der Waals surface area contributed by atoms with Crippen molar-refractivity contribution in [3.8, 4) is 0 Å². The van der Waals surface area contributed by atoms with Crippen molar-refractivity contribution in [3.63, 3.8) is 0 Å². The van der Waals surface area contributed by atoms with Crippen LogP contribution in [0, 0.1) is 5.92 Å². The van der Waals surface area contributed by atoms with Crippen LogP contribution < -0.4 is 10.2 Å². The molecule has 2 fully saturated rings. The van der Waals surface area contributed by atoms with Crippen molar-refractivity contribution >= 4 is 11.8 Å². The van der Waals surface area contributed by atoms with Gasteiger partial charge in [0.2, 0.25) is 0 Å². The Morgan fingerprint density at radius 3 is 2.51 bits per heavy atom. The number of piperazine rings is 1. The average Bonchev–Trinajstić information content (AvgIpc) is 2.85. The summed E-state index contributed by atoms with van der Waals surface area (Å²) in [6.45, 7) is 7.05. The van der Waals surface area contributed by atoms with Gasteiger partial charge in [-0.25, -0.2) is 9.78 Å². The fourth-order valence-electron chi connectivity index (χ4n) is 4.99. The Hall–Kier alpha value is -2.81. The smallest absolute Gasteiger partial charge is 0.353 e. The summed E-state index contributed by atoms with van der Waals surface area (Å²) in [6.07, 6.45) is 0.0363. The molecule has 1 N–H and O–H groups in total. The van der Waals surface area contributed by atoms with E-state index in [-0.39, 0.29) is 12.1 Å². The number of nitrogens with one attached hydrogen (secondary N) is 1. The molecule has 2 saturated heterocycles. The molecule has 1 aromatic carbocycles. The van der Waals surface area contributed by atoms with E-state index in [9.17, 15) is 18.0 Å². The Balaban J connectivity index is 1.17. The number of carbonyl (C=O) groups is 1. The van der Waals surface area contributed by atoms with Gasteiger partial charge in [0.15, 0.2) is 0 Å². The third kappa shape index (κ3) is 6.87. The van der Waals surface area contributed by atoms with E-state index in [1.165, 1.54) is 11.8 Å². The Kier molecular flexibility index (Phi) is 8.15. The number of rotatable bonds is 6. The summed E-state index contributed by atoms with van der Waals surface area (Å²) in [5, 5.41) is 3.06. The monoisotopic (exact) mass is 489 g/mol. The third-order valence-corrected chi connectivity index (χ3v) is 7.07. The number of likely N-dealkylation sites (tertiary alicyclic amines) is 1. The SMILES string of the molecule is C[C@@H]1CN(c2cc(C(F)(F)F)ccn2)CCN1C(=O)NCCC1CCN(Cc2ccccc2)CC1. The molecule has 35 heavy (non-hydrogen) atoms. The van der Waals surface area contributed by atoms with Crippen molar-refractivity contribution in [2.45, 2.75) is 44.9 Å². The van der Waals surface area contributed by atoms with Crippen LogP contribution in [0.1, 0.15) is 37.3 Å². The molecule has 0 spiro atoms. The molecule has 1 atom stereocenters. The molecule has 0 unspecified atom stereocenters. The van der Waals surface area contributed by atoms with E-state index in [1.54, 1.807) is 4.90 Å². The van der Waals surface area contributed by atoms with Crippen LogP contribution in [0.2, 0.25) is 0 Å². The number of piperidine rings is 1. The zero-order valence-corrected chi connectivity index (χ0v) is 20.2. The van der Waals surface area contributed by atoms with Gasteiger partial charge in [0.25, 0.3) is 0 Å². The summed E-state index contributed by atoms with van der Waals surface area (Å²) in [5.41, 5.74) is 0.637.